The smallest absolute Gasteiger partial charge is 0.240 e. The lowest BCUT2D eigenvalue weighted by Crippen LogP contribution is -2.53. The van der Waals surface area contributed by atoms with Crippen LogP contribution in [-0.4, -0.2) is 31.1 Å². The second kappa shape index (κ2) is 6.27. The lowest BCUT2D eigenvalue weighted by molar-refractivity contribution is -0.127. The summed E-state index contributed by atoms with van der Waals surface area (Å²) in [4.78, 5) is 12.3. The minimum atomic E-state index is -0.408. The molecule has 1 aromatic rings. The molecule has 1 heterocycles. The van der Waals surface area contributed by atoms with Crippen LogP contribution in [0.4, 0.5) is 0 Å². The molecule has 2 rings (SSSR count). The number of carbonyl (C=O) groups excluding carboxylic acids is 1. The monoisotopic (exact) mass is 276 g/mol. The van der Waals surface area contributed by atoms with Gasteiger partial charge in [0.05, 0.1) is 12.6 Å². The van der Waals surface area contributed by atoms with Crippen LogP contribution in [-0.2, 0) is 11.2 Å². The van der Waals surface area contributed by atoms with Gasteiger partial charge in [0.1, 0.15) is 5.75 Å². The van der Waals surface area contributed by atoms with Crippen molar-refractivity contribution in [3.8, 4) is 5.75 Å². The molecular weight excluding hydrogens is 252 g/mol. The zero-order valence-electron chi connectivity index (χ0n) is 12.5. The zero-order valence-corrected chi connectivity index (χ0v) is 12.5. The molecule has 2 N–H and O–H groups in total. The maximum Gasteiger partial charge on any atom is 0.240 e. The number of benzene rings is 1. The van der Waals surface area contributed by atoms with E-state index in [2.05, 4.69) is 10.6 Å². The first-order chi connectivity index (χ1) is 9.55. The molecule has 1 aliphatic heterocycles. The molecule has 1 aromatic carbocycles. The molecule has 0 aliphatic carbocycles. The first-order valence-electron chi connectivity index (χ1n) is 7.23. The third-order valence-electron chi connectivity index (χ3n) is 3.97. The van der Waals surface area contributed by atoms with Gasteiger partial charge in [0.15, 0.2) is 0 Å². The Kier molecular flexibility index (Phi) is 4.65. The molecular formula is C16H24N2O2. The van der Waals surface area contributed by atoms with Crippen LogP contribution in [0.3, 0.4) is 0 Å². The highest BCUT2D eigenvalue weighted by atomic mass is 16.5. The summed E-state index contributed by atoms with van der Waals surface area (Å²) in [6.45, 7) is 4.93. The van der Waals surface area contributed by atoms with Crippen molar-refractivity contribution < 1.29 is 9.53 Å². The van der Waals surface area contributed by atoms with E-state index in [0.29, 0.717) is 0 Å². The van der Waals surface area contributed by atoms with Crippen LogP contribution in [0, 0.1) is 0 Å². The molecule has 2 unspecified atom stereocenters. The number of carbonyl (C=O) groups is 1. The zero-order chi connectivity index (χ0) is 14.6. The van der Waals surface area contributed by atoms with Gasteiger partial charge in [0.25, 0.3) is 0 Å². The molecule has 20 heavy (non-hydrogen) atoms. The van der Waals surface area contributed by atoms with Crippen molar-refractivity contribution in [2.75, 3.05) is 13.7 Å². The topological polar surface area (TPSA) is 50.4 Å². The van der Waals surface area contributed by atoms with Crippen LogP contribution in [0.5, 0.6) is 5.75 Å². The Balaban J connectivity index is 1.95. The molecule has 0 radical (unpaired) electrons. The molecule has 0 saturated carbocycles. The highest BCUT2D eigenvalue weighted by molar-refractivity contribution is 5.86. The quantitative estimate of drug-likeness (QED) is 0.863. The number of methoxy groups -OCH3 is 1. The Labute approximate surface area is 120 Å². The van der Waals surface area contributed by atoms with Gasteiger partial charge in [-0.1, -0.05) is 18.2 Å². The molecule has 0 spiro atoms. The van der Waals surface area contributed by atoms with Gasteiger partial charge in [0, 0.05) is 6.04 Å². The molecule has 2 atom stereocenters. The number of amides is 1. The lowest BCUT2D eigenvalue weighted by atomic mass is 9.98. The van der Waals surface area contributed by atoms with E-state index in [-0.39, 0.29) is 11.9 Å². The van der Waals surface area contributed by atoms with Gasteiger partial charge < -0.3 is 15.4 Å². The molecule has 1 aliphatic rings. The van der Waals surface area contributed by atoms with Crippen molar-refractivity contribution in [3.05, 3.63) is 29.8 Å². The highest BCUT2D eigenvalue weighted by Crippen LogP contribution is 2.21. The van der Waals surface area contributed by atoms with Gasteiger partial charge in [-0.3, -0.25) is 4.79 Å². The van der Waals surface area contributed by atoms with Crippen LogP contribution in [0.1, 0.15) is 32.3 Å². The maximum atomic E-state index is 12.3. The SMILES string of the molecule is COc1ccccc1CC(C)NC(=O)C1(C)CCCN1. The number of rotatable bonds is 5. The van der Waals surface area contributed by atoms with E-state index in [1.54, 1.807) is 7.11 Å². The van der Waals surface area contributed by atoms with Crippen LogP contribution < -0.4 is 15.4 Å². The predicted molar refractivity (Wildman–Crippen MR) is 79.9 cm³/mol. The Morgan fingerprint density at radius 3 is 2.90 bits per heavy atom. The minimum absolute atomic E-state index is 0.0815. The Hall–Kier alpha value is -1.55. The first kappa shape index (κ1) is 14.9. The number of para-hydroxylation sites is 1. The number of nitrogens with one attached hydrogen (secondary N) is 2. The number of ether oxygens (including phenoxy) is 1. The second-order valence-corrected chi connectivity index (χ2v) is 5.75. The van der Waals surface area contributed by atoms with Gasteiger partial charge in [-0.2, -0.15) is 0 Å². The average molecular weight is 276 g/mol. The molecule has 0 bridgehead atoms. The molecule has 4 nitrogen and oxygen atoms in total. The van der Waals surface area contributed by atoms with E-state index < -0.39 is 5.54 Å². The predicted octanol–water partition coefficient (Wildman–Crippen LogP) is 1.88. The van der Waals surface area contributed by atoms with Gasteiger partial charge in [-0.25, -0.2) is 0 Å². The Morgan fingerprint density at radius 1 is 1.50 bits per heavy atom. The van der Waals surface area contributed by atoms with E-state index >= 15 is 0 Å². The van der Waals surface area contributed by atoms with Gasteiger partial charge >= 0.3 is 0 Å². The van der Waals surface area contributed by atoms with Crippen molar-refractivity contribution in [1.29, 1.82) is 0 Å². The van der Waals surface area contributed by atoms with Crippen LogP contribution in [0.2, 0.25) is 0 Å². The normalized spacial score (nSPS) is 23.4. The average Bonchev–Trinajstić information content (AvgIpc) is 2.87. The van der Waals surface area contributed by atoms with E-state index in [4.69, 9.17) is 4.74 Å². The highest BCUT2D eigenvalue weighted by Gasteiger charge is 2.36. The van der Waals surface area contributed by atoms with Gasteiger partial charge in [0.2, 0.25) is 5.91 Å². The van der Waals surface area contributed by atoms with Crippen molar-refractivity contribution in [1.82, 2.24) is 10.6 Å². The largest absolute Gasteiger partial charge is 0.496 e. The van der Waals surface area contributed by atoms with Gasteiger partial charge in [-0.05, 0) is 51.3 Å². The fraction of sp³-hybridized carbons (Fsp3) is 0.562. The van der Waals surface area contributed by atoms with Crippen molar-refractivity contribution in [3.63, 3.8) is 0 Å². The van der Waals surface area contributed by atoms with E-state index in [1.807, 2.05) is 38.1 Å². The van der Waals surface area contributed by atoms with E-state index in [9.17, 15) is 4.79 Å². The summed E-state index contributed by atoms with van der Waals surface area (Å²) in [6.07, 6.45) is 2.73. The summed E-state index contributed by atoms with van der Waals surface area (Å²) >= 11 is 0. The summed E-state index contributed by atoms with van der Waals surface area (Å²) in [6, 6.07) is 8.01. The van der Waals surface area contributed by atoms with E-state index in [1.165, 1.54) is 0 Å². The molecule has 0 aromatic heterocycles. The number of hydrogen-bond donors (Lipinski definition) is 2. The second-order valence-electron chi connectivity index (χ2n) is 5.75. The van der Waals surface area contributed by atoms with Crippen LogP contribution in [0.15, 0.2) is 24.3 Å². The lowest BCUT2D eigenvalue weighted by Gasteiger charge is -2.26. The third kappa shape index (κ3) is 3.31. The summed E-state index contributed by atoms with van der Waals surface area (Å²) in [5.74, 6) is 0.969. The molecule has 4 heteroatoms. The van der Waals surface area contributed by atoms with Crippen LogP contribution in [0.25, 0.3) is 0 Å². The summed E-state index contributed by atoms with van der Waals surface area (Å²) < 4.78 is 5.35. The molecule has 1 amide bonds. The Morgan fingerprint density at radius 2 is 2.25 bits per heavy atom. The van der Waals surface area contributed by atoms with Crippen molar-refractivity contribution >= 4 is 5.91 Å². The van der Waals surface area contributed by atoms with Crippen molar-refractivity contribution in [2.24, 2.45) is 0 Å². The summed E-state index contributed by atoms with van der Waals surface area (Å²) in [5.41, 5.74) is 0.710. The summed E-state index contributed by atoms with van der Waals surface area (Å²) in [7, 11) is 1.67. The van der Waals surface area contributed by atoms with Gasteiger partial charge in [-0.15, -0.1) is 0 Å². The summed E-state index contributed by atoms with van der Waals surface area (Å²) in [5, 5.41) is 6.39. The number of hydrogen-bond acceptors (Lipinski definition) is 3. The maximum absolute atomic E-state index is 12.3. The van der Waals surface area contributed by atoms with Crippen LogP contribution >= 0.6 is 0 Å². The standard InChI is InChI=1S/C16H24N2O2/c1-12(11-13-7-4-5-8-14(13)20-3)18-15(19)16(2)9-6-10-17-16/h4-5,7-8,12,17H,6,9-11H2,1-3H3,(H,18,19). The first-order valence-corrected chi connectivity index (χ1v) is 7.23. The Bertz CT molecular complexity index is 467. The van der Waals surface area contributed by atoms with Crippen molar-refractivity contribution in [2.45, 2.75) is 44.7 Å². The fourth-order valence-corrected chi connectivity index (χ4v) is 2.72. The molecule has 1 saturated heterocycles. The molecule has 1 fully saturated rings. The minimum Gasteiger partial charge on any atom is -0.496 e. The fourth-order valence-electron chi connectivity index (χ4n) is 2.72. The third-order valence-corrected chi connectivity index (χ3v) is 3.97. The molecule has 110 valence electrons. The van der Waals surface area contributed by atoms with E-state index in [0.717, 1.165) is 37.1 Å².